The minimum Gasteiger partial charge on any atom is -0.494 e. The number of anilines is 1. The van der Waals surface area contributed by atoms with E-state index in [0.717, 1.165) is 52.5 Å². The van der Waals surface area contributed by atoms with Gasteiger partial charge in [0.1, 0.15) is 16.3 Å². The molecule has 2 aliphatic rings. The number of methoxy groups -OCH3 is 1. The summed E-state index contributed by atoms with van der Waals surface area (Å²) in [5.74, 6) is -1.26. The Morgan fingerprint density at radius 1 is 1.10 bits per heavy atom. The quantitative estimate of drug-likeness (QED) is 0.268. The van der Waals surface area contributed by atoms with Crippen molar-refractivity contribution in [3.63, 3.8) is 0 Å². The van der Waals surface area contributed by atoms with Crippen molar-refractivity contribution in [3.05, 3.63) is 68.9 Å². The highest BCUT2D eigenvalue weighted by atomic mass is 32.1. The first-order valence-electron chi connectivity index (χ1n) is 12.8. The smallest absolute Gasteiger partial charge is 0.341 e. The maximum Gasteiger partial charge on any atom is 0.341 e. The van der Waals surface area contributed by atoms with Gasteiger partial charge in [0, 0.05) is 16.3 Å². The number of fused-ring (bicyclic) bond motifs is 1. The van der Waals surface area contributed by atoms with E-state index in [-0.39, 0.29) is 11.5 Å². The Balaban J connectivity index is 1.55. The van der Waals surface area contributed by atoms with Crippen LogP contribution < -0.4 is 15.0 Å². The number of barbiturate groups is 1. The molecule has 1 N–H and O–H groups in total. The number of carbonyl (C=O) groups excluding carboxylic acids is 4. The van der Waals surface area contributed by atoms with Gasteiger partial charge in [-0.1, -0.05) is 0 Å². The highest BCUT2D eigenvalue weighted by Gasteiger charge is 2.37. The Morgan fingerprint density at radius 3 is 2.51 bits per heavy atom. The fourth-order valence-electron chi connectivity index (χ4n) is 5.17. The molecule has 10 heteroatoms. The lowest BCUT2D eigenvalue weighted by molar-refractivity contribution is -0.122. The minimum absolute atomic E-state index is 0.164. The molecule has 2 aromatic heterocycles. The molecule has 202 valence electrons. The van der Waals surface area contributed by atoms with Gasteiger partial charge in [-0.25, -0.2) is 14.5 Å². The van der Waals surface area contributed by atoms with Gasteiger partial charge in [0.2, 0.25) is 0 Å². The van der Waals surface area contributed by atoms with Crippen LogP contribution in [-0.2, 0) is 27.2 Å². The van der Waals surface area contributed by atoms with Gasteiger partial charge in [-0.15, -0.1) is 11.3 Å². The summed E-state index contributed by atoms with van der Waals surface area (Å²) in [5.41, 5.74) is 4.01. The molecule has 1 aromatic carbocycles. The van der Waals surface area contributed by atoms with Crippen LogP contribution in [0.5, 0.6) is 5.75 Å². The Morgan fingerprint density at radius 2 is 1.82 bits per heavy atom. The van der Waals surface area contributed by atoms with Crippen molar-refractivity contribution in [2.45, 2.75) is 46.5 Å². The number of hydrogen-bond acceptors (Lipinski definition) is 7. The topological polar surface area (TPSA) is 107 Å². The van der Waals surface area contributed by atoms with Crippen LogP contribution >= 0.6 is 11.3 Å². The molecule has 1 aliphatic heterocycles. The standard InChI is InChI=1S/C29H29N3O6S/c1-5-38-20-12-10-19(11-13-20)32-26(34)22(25(33)30-29(32)36)15-18-14-16(2)31(17(18)3)27-24(28(35)37-4)21-8-6-7-9-23(21)39-27/h10-15H,5-9H2,1-4H3,(H,30,33,36)/b22-15+. The Bertz CT molecular complexity index is 1530. The Hall–Kier alpha value is -4.18. The van der Waals surface area contributed by atoms with Crippen LogP contribution in [0.2, 0.25) is 0 Å². The number of rotatable bonds is 6. The van der Waals surface area contributed by atoms with Gasteiger partial charge in [-0.3, -0.25) is 14.9 Å². The molecule has 0 saturated carbocycles. The van der Waals surface area contributed by atoms with E-state index in [4.69, 9.17) is 9.47 Å². The third kappa shape index (κ3) is 4.65. The highest BCUT2D eigenvalue weighted by molar-refractivity contribution is 7.15. The number of imide groups is 2. The van der Waals surface area contributed by atoms with E-state index in [2.05, 4.69) is 5.32 Å². The molecule has 1 aliphatic carbocycles. The first kappa shape index (κ1) is 26.4. The predicted octanol–water partition coefficient (Wildman–Crippen LogP) is 4.89. The first-order valence-corrected chi connectivity index (χ1v) is 13.6. The molecule has 1 fully saturated rings. The van der Waals surface area contributed by atoms with Crippen LogP contribution in [0.3, 0.4) is 0 Å². The van der Waals surface area contributed by atoms with Gasteiger partial charge < -0.3 is 14.0 Å². The van der Waals surface area contributed by atoms with Crippen molar-refractivity contribution in [2.75, 3.05) is 18.6 Å². The average molecular weight is 548 g/mol. The molecule has 9 nitrogen and oxygen atoms in total. The normalized spacial score (nSPS) is 16.4. The number of carbonyl (C=O) groups is 4. The lowest BCUT2D eigenvalue weighted by Crippen LogP contribution is -2.54. The second-order valence-electron chi connectivity index (χ2n) is 9.43. The van der Waals surface area contributed by atoms with Crippen LogP contribution in [0.15, 0.2) is 35.9 Å². The summed E-state index contributed by atoms with van der Waals surface area (Å²) in [4.78, 5) is 53.8. The minimum atomic E-state index is -0.816. The number of urea groups is 1. The van der Waals surface area contributed by atoms with Gasteiger partial charge in [0.05, 0.1) is 25.0 Å². The van der Waals surface area contributed by atoms with Crippen LogP contribution in [0.1, 0.15) is 57.5 Å². The Kier molecular flexibility index (Phi) is 7.14. The number of thiophene rings is 1. The zero-order valence-electron chi connectivity index (χ0n) is 22.3. The van der Waals surface area contributed by atoms with Gasteiger partial charge in [0.25, 0.3) is 11.8 Å². The average Bonchev–Trinajstić information content (AvgIpc) is 3.42. The molecule has 0 atom stereocenters. The lowest BCUT2D eigenvalue weighted by atomic mass is 9.95. The number of hydrogen-bond donors (Lipinski definition) is 1. The number of aromatic nitrogens is 1. The van der Waals surface area contributed by atoms with Gasteiger partial charge >= 0.3 is 12.0 Å². The maximum absolute atomic E-state index is 13.4. The summed E-state index contributed by atoms with van der Waals surface area (Å²) in [6.45, 7) is 6.13. The molecule has 0 unspecified atom stereocenters. The zero-order chi connectivity index (χ0) is 27.8. The summed E-state index contributed by atoms with van der Waals surface area (Å²) in [6, 6.07) is 7.55. The largest absolute Gasteiger partial charge is 0.494 e. The molecule has 39 heavy (non-hydrogen) atoms. The molecular weight excluding hydrogens is 518 g/mol. The molecule has 0 spiro atoms. The fraction of sp³-hybridized carbons (Fsp3) is 0.310. The highest BCUT2D eigenvalue weighted by Crippen LogP contribution is 2.39. The SMILES string of the molecule is CCOc1ccc(N2C(=O)NC(=O)/C(=C\c3cc(C)n(-c4sc5c(c4C(=O)OC)CCCC5)c3C)C2=O)cc1. The lowest BCUT2D eigenvalue weighted by Gasteiger charge is -2.26. The van der Waals surface area contributed by atoms with Crippen molar-refractivity contribution < 1.29 is 28.7 Å². The van der Waals surface area contributed by atoms with E-state index in [1.165, 1.54) is 18.1 Å². The van der Waals surface area contributed by atoms with E-state index in [1.807, 2.05) is 31.4 Å². The van der Waals surface area contributed by atoms with Gasteiger partial charge in [-0.2, -0.15) is 0 Å². The van der Waals surface area contributed by atoms with Crippen molar-refractivity contribution in [1.29, 1.82) is 0 Å². The molecule has 5 rings (SSSR count). The van der Waals surface area contributed by atoms with E-state index in [9.17, 15) is 19.2 Å². The maximum atomic E-state index is 13.4. The second kappa shape index (κ2) is 10.5. The van der Waals surface area contributed by atoms with Crippen molar-refractivity contribution in [2.24, 2.45) is 0 Å². The third-order valence-corrected chi connectivity index (χ3v) is 8.30. The number of amides is 4. The fourth-order valence-corrected chi connectivity index (χ4v) is 6.66. The van der Waals surface area contributed by atoms with Crippen LogP contribution in [0.25, 0.3) is 11.1 Å². The number of nitrogens with one attached hydrogen (secondary N) is 1. The molecule has 0 radical (unpaired) electrons. The van der Waals surface area contributed by atoms with E-state index >= 15 is 0 Å². The van der Waals surface area contributed by atoms with E-state index < -0.39 is 17.8 Å². The number of esters is 1. The number of benzene rings is 1. The number of aryl methyl sites for hydroxylation is 2. The molecule has 1 saturated heterocycles. The summed E-state index contributed by atoms with van der Waals surface area (Å²) < 4.78 is 12.6. The van der Waals surface area contributed by atoms with Crippen molar-refractivity contribution >= 4 is 46.9 Å². The third-order valence-electron chi connectivity index (χ3n) is 7.02. The van der Waals surface area contributed by atoms with E-state index in [0.29, 0.717) is 29.2 Å². The van der Waals surface area contributed by atoms with Gasteiger partial charge in [0.15, 0.2) is 0 Å². The number of nitrogens with zero attached hydrogens (tertiary/aromatic N) is 2. The molecule has 3 heterocycles. The van der Waals surface area contributed by atoms with Crippen LogP contribution in [0.4, 0.5) is 10.5 Å². The van der Waals surface area contributed by atoms with Crippen LogP contribution in [-0.4, -0.2) is 42.1 Å². The van der Waals surface area contributed by atoms with Crippen molar-refractivity contribution in [3.8, 4) is 10.8 Å². The monoisotopic (exact) mass is 547 g/mol. The second-order valence-corrected chi connectivity index (χ2v) is 10.5. The predicted molar refractivity (Wildman–Crippen MR) is 148 cm³/mol. The first-order chi connectivity index (χ1) is 18.7. The molecule has 4 amide bonds. The number of ether oxygens (including phenoxy) is 2. The summed E-state index contributed by atoms with van der Waals surface area (Å²) in [5, 5.41) is 3.04. The molecular formula is C29H29N3O6S. The van der Waals surface area contributed by atoms with Crippen molar-refractivity contribution in [1.82, 2.24) is 9.88 Å². The summed E-state index contributed by atoms with van der Waals surface area (Å²) in [6.07, 6.45) is 5.35. The summed E-state index contributed by atoms with van der Waals surface area (Å²) >= 11 is 1.58. The summed E-state index contributed by atoms with van der Waals surface area (Å²) in [7, 11) is 1.38. The van der Waals surface area contributed by atoms with E-state index in [1.54, 1.807) is 35.6 Å². The zero-order valence-corrected chi connectivity index (χ0v) is 23.1. The van der Waals surface area contributed by atoms with Gasteiger partial charge in [-0.05, 0) is 94.0 Å². The molecule has 3 aromatic rings. The van der Waals surface area contributed by atoms with Crippen LogP contribution in [0, 0.1) is 13.8 Å². The Labute approximate surface area is 230 Å². The molecule has 0 bridgehead atoms.